The number of carboxylic acid groups (broad SMARTS) is 1. The minimum absolute atomic E-state index is 0.0189. The number of rotatable bonds is 9. The van der Waals surface area contributed by atoms with E-state index in [1.54, 1.807) is 30.9 Å². The molecule has 12 heteroatoms. The van der Waals surface area contributed by atoms with Crippen molar-refractivity contribution in [1.82, 2.24) is 15.1 Å². The molecule has 45 heavy (non-hydrogen) atoms. The first-order valence-electron chi connectivity index (χ1n) is 16.0. The molecule has 2 unspecified atom stereocenters. The van der Waals surface area contributed by atoms with E-state index in [2.05, 4.69) is 10.2 Å². The lowest BCUT2D eigenvalue weighted by atomic mass is 9.81. The van der Waals surface area contributed by atoms with Gasteiger partial charge in [0.2, 0.25) is 0 Å². The van der Waals surface area contributed by atoms with E-state index < -0.39 is 34.9 Å². The minimum Gasteiger partial charge on any atom is -0.507 e. The zero-order valence-electron chi connectivity index (χ0n) is 27.6. The molecule has 4 N–H and O–H groups in total. The van der Waals surface area contributed by atoms with E-state index in [4.69, 9.17) is 14.2 Å². The molecule has 0 radical (unpaired) electrons. The number of aliphatic hydroxyl groups excluding tert-OH is 1. The molecule has 3 saturated heterocycles. The van der Waals surface area contributed by atoms with Crippen molar-refractivity contribution in [3.8, 4) is 5.75 Å². The van der Waals surface area contributed by atoms with Crippen molar-refractivity contribution in [2.75, 3.05) is 45.9 Å². The van der Waals surface area contributed by atoms with Crippen molar-refractivity contribution < 1.29 is 43.9 Å². The molecule has 1 aromatic rings. The molecule has 5 atom stereocenters. The monoisotopic (exact) mass is 633 g/mol. The minimum atomic E-state index is -1.41. The van der Waals surface area contributed by atoms with Gasteiger partial charge >= 0.3 is 12.1 Å². The van der Waals surface area contributed by atoms with Gasteiger partial charge in [0.15, 0.2) is 5.60 Å². The van der Waals surface area contributed by atoms with Gasteiger partial charge < -0.3 is 39.7 Å². The predicted molar refractivity (Wildman–Crippen MR) is 166 cm³/mol. The Morgan fingerprint density at radius 1 is 1.16 bits per heavy atom. The van der Waals surface area contributed by atoms with Gasteiger partial charge in [-0.2, -0.15) is 0 Å². The number of aromatic hydroxyl groups is 1. The molecule has 0 aliphatic carbocycles. The Bertz CT molecular complexity index is 1230. The van der Waals surface area contributed by atoms with Gasteiger partial charge in [-0.25, -0.2) is 9.59 Å². The van der Waals surface area contributed by atoms with E-state index in [1.807, 2.05) is 27.7 Å². The molecule has 3 aliphatic rings. The number of hydrogen-bond acceptors (Lipinski definition) is 9. The number of nitrogens with zero attached hydrogens (tertiary/aromatic N) is 2. The second kappa shape index (κ2) is 13.8. The number of phenolic OH excluding ortho intramolecular Hbond substituents is 1. The second-order valence-corrected chi connectivity index (χ2v) is 14.2. The number of nitrogens with one attached hydrogen (secondary N) is 1. The van der Waals surface area contributed by atoms with Gasteiger partial charge in [0.05, 0.1) is 31.0 Å². The maximum atomic E-state index is 12.8. The summed E-state index contributed by atoms with van der Waals surface area (Å²) in [4.78, 5) is 42.2. The summed E-state index contributed by atoms with van der Waals surface area (Å²) < 4.78 is 17.8. The zero-order chi connectivity index (χ0) is 33.2. The third-order valence-corrected chi connectivity index (χ3v) is 9.48. The number of aryl methyl sites for hydroxylation is 2. The smallest absolute Gasteiger partial charge is 0.410 e. The fourth-order valence-electron chi connectivity index (χ4n) is 6.74. The number of phenols is 1. The van der Waals surface area contributed by atoms with E-state index in [-0.39, 0.29) is 43.1 Å². The maximum Gasteiger partial charge on any atom is 0.410 e. The number of benzene rings is 1. The quantitative estimate of drug-likeness (QED) is 0.318. The summed E-state index contributed by atoms with van der Waals surface area (Å²) in [6, 6.07) is 3.19. The Balaban J connectivity index is 1.37. The van der Waals surface area contributed by atoms with Crippen LogP contribution in [-0.4, -0.2) is 118 Å². The standard InChI is InChI=1S/C33H51N3O9/c1-21-7-8-33(29(40)41,44-26(21)17-25(37)18-34-28(39)24-15-22(2)27(38)23(3)16-24)10-12-36-13-14-43-20-32(36)9-11-35(19-32)30(42)45-31(4,5)6/h15-16,21,25-26,37-38H,7-14,17-20H2,1-6H3,(H,34,39)(H,40,41)/t21?,25?,26-,32-,33-/m0/s1. The molecule has 3 fully saturated rings. The number of amides is 2. The van der Waals surface area contributed by atoms with Crippen LogP contribution < -0.4 is 5.32 Å². The largest absolute Gasteiger partial charge is 0.507 e. The molecule has 4 rings (SSSR count). The SMILES string of the molecule is Cc1cc(C(=O)NCC(O)C[C@@H]2O[C@@](CCN3CCOC[C@@]34CCN(C(=O)OC(C)(C)C)C4)(C(=O)O)CCC2C)cc(C)c1O. The van der Waals surface area contributed by atoms with Crippen LogP contribution in [-0.2, 0) is 19.0 Å². The highest BCUT2D eigenvalue weighted by atomic mass is 16.6. The Labute approximate surface area is 266 Å². The molecule has 0 aromatic heterocycles. The first-order valence-corrected chi connectivity index (χ1v) is 16.0. The molecular formula is C33H51N3O9. The summed E-state index contributed by atoms with van der Waals surface area (Å²) in [5.41, 5.74) is -0.861. The topological polar surface area (TPSA) is 158 Å². The highest BCUT2D eigenvalue weighted by Gasteiger charge is 2.50. The Morgan fingerprint density at radius 2 is 1.84 bits per heavy atom. The van der Waals surface area contributed by atoms with Crippen LogP contribution >= 0.6 is 0 Å². The lowest BCUT2D eigenvalue weighted by molar-refractivity contribution is -0.199. The van der Waals surface area contributed by atoms with Crippen LogP contribution in [0, 0.1) is 19.8 Å². The maximum absolute atomic E-state index is 12.8. The Morgan fingerprint density at radius 3 is 2.49 bits per heavy atom. The number of likely N-dealkylation sites (tertiary alicyclic amines) is 1. The summed E-state index contributed by atoms with van der Waals surface area (Å²) >= 11 is 0. The van der Waals surface area contributed by atoms with Gasteiger partial charge in [-0.15, -0.1) is 0 Å². The van der Waals surface area contributed by atoms with E-state index in [0.29, 0.717) is 75.3 Å². The van der Waals surface area contributed by atoms with Crippen molar-refractivity contribution in [3.63, 3.8) is 0 Å². The highest BCUT2D eigenvalue weighted by Crippen LogP contribution is 2.39. The van der Waals surface area contributed by atoms with Crippen LogP contribution in [0.5, 0.6) is 5.75 Å². The van der Waals surface area contributed by atoms with Crippen molar-refractivity contribution in [1.29, 1.82) is 0 Å². The van der Waals surface area contributed by atoms with Crippen molar-refractivity contribution in [2.24, 2.45) is 5.92 Å². The average molecular weight is 634 g/mol. The summed E-state index contributed by atoms with van der Waals surface area (Å²) in [6.45, 7) is 14.0. The summed E-state index contributed by atoms with van der Waals surface area (Å²) in [6.07, 6.45) is 0.313. The molecule has 1 aromatic carbocycles. The first kappa shape index (κ1) is 34.9. The number of morpholine rings is 1. The van der Waals surface area contributed by atoms with Crippen LogP contribution in [0.1, 0.15) is 81.3 Å². The molecular weight excluding hydrogens is 582 g/mol. The molecule has 0 bridgehead atoms. The molecule has 252 valence electrons. The van der Waals surface area contributed by atoms with Gasteiger partial charge in [-0.3, -0.25) is 9.69 Å². The van der Waals surface area contributed by atoms with Crippen molar-refractivity contribution in [2.45, 2.75) is 103 Å². The molecule has 0 saturated carbocycles. The summed E-state index contributed by atoms with van der Waals surface area (Å²) in [5.74, 6) is -1.22. The number of carbonyl (C=O) groups excluding carboxylic acids is 2. The number of ether oxygens (including phenoxy) is 3. The zero-order valence-corrected chi connectivity index (χ0v) is 27.6. The van der Waals surface area contributed by atoms with Crippen LogP contribution in [0.25, 0.3) is 0 Å². The third kappa shape index (κ3) is 8.27. The molecule has 12 nitrogen and oxygen atoms in total. The molecule has 3 aliphatic heterocycles. The normalized spacial score (nSPS) is 28.2. The Kier molecular flexibility index (Phi) is 10.7. The lowest BCUT2D eigenvalue weighted by Gasteiger charge is -2.47. The van der Waals surface area contributed by atoms with Crippen LogP contribution in [0.15, 0.2) is 12.1 Å². The van der Waals surface area contributed by atoms with Gasteiger partial charge in [0.1, 0.15) is 11.4 Å². The summed E-state index contributed by atoms with van der Waals surface area (Å²) in [5, 5.41) is 34.0. The first-order chi connectivity index (χ1) is 21.0. The predicted octanol–water partition coefficient (Wildman–Crippen LogP) is 3.23. The lowest BCUT2D eigenvalue weighted by Crippen LogP contribution is -2.60. The fraction of sp³-hybridized carbons (Fsp3) is 0.727. The van der Waals surface area contributed by atoms with E-state index in [0.717, 1.165) is 0 Å². The van der Waals surface area contributed by atoms with Crippen LogP contribution in [0.2, 0.25) is 0 Å². The van der Waals surface area contributed by atoms with Crippen LogP contribution in [0.3, 0.4) is 0 Å². The Hall–Kier alpha value is -2.93. The number of aliphatic carboxylic acids is 1. The van der Waals surface area contributed by atoms with Gasteiger partial charge in [0.25, 0.3) is 5.91 Å². The van der Waals surface area contributed by atoms with Gasteiger partial charge in [-0.1, -0.05) is 6.92 Å². The van der Waals surface area contributed by atoms with E-state index >= 15 is 0 Å². The van der Waals surface area contributed by atoms with Crippen molar-refractivity contribution in [3.05, 3.63) is 28.8 Å². The van der Waals surface area contributed by atoms with Gasteiger partial charge in [-0.05, 0) is 89.5 Å². The second-order valence-electron chi connectivity index (χ2n) is 14.2. The summed E-state index contributed by atoms with van der Waals surface area (Å²) in [7, 11) is 0. The number of carbonyl (C=O) groups is 3. The average Bonchev–Trinajstić information content (AvgIpc) is 3.39. The molecule has 2 amide bonds. The molecule has 3 heterocycles. The van der Waals surface area contributed by atoms with Crippen molar-refractivity contribution >= 4 is 18.0 Å². The van der Waals surface area contributed by atoms with Crippen LogP contribution in [0.4, 0.5) is 4.79 Å². The van der Waals surface area contributed by atoms with E-state index in [1.165, 1.54) is 0 Å². The van der Waals surface area contributed by atoms with E-state index in [9.17, 15) is 29.7 Å². The highest BCUT2D eigenvalue weighted by molar-refractivity contribution is 5.94. The fourth-order valence-corrected chi connectivity index (χ4v) is 6.74. The number of hydrogen-bond donors (Lipinski definition) is 4. The molecule has 1 spiro atoms. The number of carboxylic acids is 1. The van der Waals surface area contributed by atoms with Gasteiger partial charge in [0, 0.05) is 44.7 Å². The third-order valence-electron chi connectivity index (χ3n) is 9.48. The number of aliphatic hydroxyl groups is 1.